The molecule has 2 amide bonds. The van der Waals surface area contributed by atoms with E-state index in [-0.39, 0.29) is 23.6 Å². The molecule has 1 N–H and O–H groups in total. The van der Waals surface area contributed by atoms with E-state index < -0.39 is 9.84 Å². The number of sulfone groups is 1. The van der Waals surface area contributed by atoms with Crippen LogP contribution in [-0.2, 0) is 16.3 Å². The molecule has 0 aromatic heterocycles. The maximum atomic E-state index is 12.5. The van der Waals surface area contributed by atoms with Crippen molar-refractivity contribution >= 4 is 15.9 Å². The third-order valence-corrected chi connectivity index (χ3v) is 5.98. The molecule has 1 aliphatic heterocycles. The van der Waals surface area contributed by atoms with Crippen molar-refractivity contribution in [2.75, 3.05) is 45.2 Å². The number of nitrogens with one attached hydrogen (secondary N) is 1. The van der Waals surface area contributed by atoms with Gasteiger partial charge in [-0.3, -0.25) is 0 Å². The largest absolute Gasteiger partial charge is 0.338 e. The molecule has 1 aromatic rings. The molecule has 2 rings (SSSR count). The van der Waals surface area contributed by atoms with E-state index in [9.17, 15) is 13.2 Å². The number of amides is 2. The normalized spacial score (nSPS) is 19.4. The quantitative estimate of drug-likeness (QED) is 0.794. The van der Waals surface area contributed by atoms with E-state index >= 15 is 0 Å². The molecule has 1 heterocycles. The third kappa shape index (κ3) is 5.79. The van der Waals surface area contributed by atoms with Crippen LogP contribution in [0.4, 0.5) is 4.79 Å². The Hall–Kier alpha value is -1.60. The van der Waals surface area contributed by atoms with Crippen LogP contribution in [0.1, 0.15) is 12.0 Å². The van der Waals surface area contributed by atoms with Crippen molar-refractivity contribution in [1.82, 2.24) is 15.1 Å². The molecule has 1 fully saturated rings. The van der Waals surface area contributed by atoms with Crippen LogP contribution < -0.4 is 5.32 Å². The lowest BCUT2D eigenvalue weighted by Gasteiger charge is -2.29. The first-order chi connectivity index (χ1) is 11.4. The van der Waals surface area contributed by atoms with Gasteiger partial charge in [-0.05, 0) is 32.5 Å². The van der Waals surface area contributed by atoms with Gasteiger partial charge in [-0.2, -0.15) is 0 Å². The minimum absolute atomic E-state index is 0.0759. The zero-order valence-electron chi connectivity index (χ0n) is 14.4. The van der Waals surface area contributed by atoms with Crippen LogP contribution in [0.3, 0.4) is 0 Å². The molecule has 0 bridgehead atoms. The van der Waals surface area contributed by atoms with Crippen molar-refractivity contribution in [3.05, 3.63) is 35.9 Å². The minimum Gasteiger partial charge on any atom is -0.338 e. The number of hydrogen-bond donors (Lipinski definition) is 1. The summed E-state index contributed by atoms with van der Waals surface area (Å²) in [5.41, 5.74) is 1.17. The highest BCUT2D eigenvalue weighted by Crippen LogP contribution is 2.17. The molecule has 24 heavy (non-hydrogen) atoms. The van der Waals surface area contributed by atoms with E-state index in [4.69, 9.17) is 0 Å². The lowest BCUT2D eigenvalue weighted by atomic mass is 10.1. The second-order valence-corrected chi connectivity index (χ2v) is 8.75. The number of hydrogen-bond acceptors (Lipinski definition) is 4. The molecule has 0 radical (unpaired) electrons. The average molecular weight is 353 g/mol. The van der Waals surface area contributed by atoms with Gasteiger partial charge in [-0.15, -0.1) is 0 Å². The molecule has 1 saturated heterocycles. The van der Waals surface area contributed by atoms with E-state index in [0.717, 1.165) is 6.42 Å². The molecule has 134 valence electrons. The minimum atomic E-state index is -3.01. The maximum absolute atomic E-state index is 12.5. The standard InChI is InChI=1S/C17H27N3O3S/c1-19(2)11-12-20(16-9-13-24(22,23)14-16)17(21)18-10-8-15-6-4-3-5-7-15/h3-7,16H,8-14H2,1-2H3,(H,18,21). The van der Waals surface area contributed by atoms with Gasteiger partial charge in [0.2, 0.25) is 0 Å². The Balaban J connectivity index is 1.91. The summed E-state index contributed by atoms with van der Waals surface area (Å²) in [5, 5.41) is 2.93. The third-order valence-electron chi connectivity index (χ3n) is 4.23. The molecule has 1 atom stereocenters. The predicted octanol–water partition coefficient (Wildman–Crippen LogP) is 0.989. The van der Waals surface area contributed by atoms with E-state index in [1.807, 2.05) is 49.3 Å². The smallest absolute Gasteiger partial charge is 0.317 e. The molecule has 1 aromatic carbocycles. The summed E-state index contributed by atoms with van der Waals surface area (Å²) in [6.45, 7) is 1.79. The van der Waals surface area contributed by atoms with Crippen molar-refractivity contribution in [2.45, 2.75) is 18.9 Å². The predicted molar refractivity (Wildman–Crippen MR) is 95.9 cm³/mol. The Morgan fingerprint density at radius 3 is 2.50 bits per heavy atom. The highest BCUT2D eigenvalue weighted by molar-refractivity contribution is 7.91. The lowest BCUT2D eigenvalue weighted by Crippen LogP contribution is -2.49. The van der Waals surface area contributed by atoms with Crippen LogP contribution in [0.25, 0.3) is 0 Å². The highest BCUT2D eigenvalue weighted by atomic mass is 32.2. The Labute approximate surface area is 144 Å². The van der Waals surface area contributed by atoms with Crippen LogP contribution in [0, 0.1) is 0 Å². The SMILES string of the molecule is CN(C)CCN(C(=O)NCCc1ccccc1)C1CCS(=O)(=O)C1. The Bertz CT molecular complexity index is 632. The first-order valence-corrected chi connectivity index (χ1v) is 10.1. The summed E-state index contributed by atoms with van der Waals surface area (Å²) in [5.74, 6) is 0.250. The Morgan fingerprint density at radius 2 is 1.92 bits per heavy atom. The second-order valence-electron chi connectivity index (χ2n) is 6.52. The number of likely N-dealkylation sites (N-methyl/N-ethyl adjacent to an activating group) is 1. The van der Waals surface area contributed by atoms with Gasteiger partial charge in [0.1, 0.15) is 0 Å². The van der Waals surface area contributed by atoms with Gasteiger partial charge in [0.25, 0.3) is 0 Å². The summed E-state index contributed by atoms with van der Waals surface area (Å²) < 4.78 is 23.5. The fourth-order valence-corrected chi connectivity index (χ4v) is 4.57. The molecule has 1 aliphatic rings. The number of rotatable bonds is 7. The van der Waals surface area contributed by atoms with Crippen molar-refractivity contribution in [1.29, 1.82) is 0 Å². The van der Waals surface area contributed by atoms with Gasteiger partial charge in [0, 0.05) is 25.7 Å². The molecule has 0 spiro atoms. The fraction of sp³-hybridized carbons (Fsp3) is 0.588. The molecular formula is C17H27N3O3S. The summed E-state index contributed by atoms with van der Waals surface area (Å²) >= 11 is 0. The van der Waals surface area contributed by atoms with Gasteiger partial charge in [-0.1, -0.05) is 30.3 Å². The van der Waals surface area contributed by atoms with E-state index in [1.165, 1.54) is 5.56 Å². The average Bonchev–Trinajstić information content (AvgIpc) is 2.88. The van der Waals surface area contributed by atoms with Crippen molar-refractivity contribution < 1.29 is 13.2 Å². The van der Waals surface area contributed by atoms with E-state index in [0.29, 0.717) is 26.1 Å². The van der Waals surface area contributed by atoms with Crippen LogP contribution in [0.15, 0.2) is 30.3 Å². The summed E-state index contributed by atoms with van der Waals surface area (Å²) in [7, 11) is 0.871. The number of carbonyl (C=O) groups excluding carboxylic acids is 1. The topological polar surface area (TPSA) is 69.7 Å². The van der Waals surface area contributed by atoms with Gasteiger partial charge in [-0.25, -0.2) is 13.2 Å². The van der Waals surface area contributed by atoms with E-state index in [2.05, 4.69) is 5.32 Å². The van der Waals surface area contributed by atoms with Gasteiger partial charge in [0.05, 0.1) is 11.5 Å². The van der Waals surface area contributed by atoms with Gasteiger partial charge >= 0.3 is 6.03 Å². The first kappa shape index (κ1) is 18.7. The first-order valence-electron chi connectivity index (χ1n) is 8.31. The van der Waals surface area contributed by atoms with Crippen molar-refractivity contribution in [2.24, 2.45) is 0 Å². The zero-order valence-corrected chi connectivity index (χ0v) is 15.3. The highest BCUT2D eigenvalue weighted by Gasteiger charge is 2.34. The number of urea groups is 1. The summed E-state index contributed by atoms with van der Waals surface area (Å²) in [6, 6.07) is 9.58. The zero-order chi connectivity index (χ0) is 17.6. The maximum Gasteiger partial charge on any atom is 0.317 e. The molecule has 0 aliphatic carbocycles. The lowest BCUT2D eigenvalue weighted by molar-refractivity contribution is 0.173. The fourth-order valence-electron chi connectivity index (χ4n) is 2.84. The Morgan fingerprint density at radius 1 is 1.21 bits per heavy atom. The van der Waals surface area contributed by atoms with Crippen LogP contribution in [0.5, 0.6) is 0 Å². The van der Waals surface area contributed by atoms with Crippen molar-refractivity contribution in [3.63, 3.8) is 0 Å². The van der Waals surface area contributed by atoms with Crippen LogP contribution in [-0.4, -0.2) is 75.5 Å². The van der Waals surface area contributed by atoms with Crippen LogP contribution >= 0.6 is 0 Å². The molecule has 0 saturated carbocycles. The number of benzene rings is 1. The molecule has 6 nitrogen and oxygen atoms in total. The van der Waals surface area contributed by atoms with Crippen LogP contribution in [0.2, 0.25) is 0 Å². The monoisotopic (exact) mass is 353 g/mol. The molecular weight excluding hydrogens is 326 g/mol. The van der Waals surface area contributed by atoms with Gasteiger partial charge < -0.3 is 15.1 Å². The summed E-state index contributed by atoms with van der Waals surface area (Å²) in [6.07, 6.45) is 1.29. The number of carbonyl (C=O) groups is 1. The second kappa shape index (κ2) is 8.48. The molecule has 1 unspecified atom stereocenters. The van der Waals surface area contributed by atoms with Gasteiger partial charge in [0.15, 0.2) is 9.84 Å². The Kier molecular flexibility index (Phi) is 6.62. The number of nitrogens with zero attached hydrogens (tertiary/aromatic N) is 2. The van der Waals surface area contributed by atoms with E-state index in [1.54, 1.807) is 4.90 Å². The van der Waals surface area contributed by atoms with Crippen molar-refractivity contribution in [3.8, 4) is 0 Å². The summed E-state index contributed by atoms with van der Waals surface area (Å²) in [4.78, 5) is 16.2. The molecule has 7 heteroatoms.